The van der Waals surface area contributed by atoms with E-state index in [1.807, 2.05) is 0 Å². The molecule has 0 spiro atoms. The molecule has 0 atom stereocenters. The van der Waals surface area contributed by atoms with Crippen molar-refractivity contribution in [2.45, 2.75) is 0 Å². The average Bonchev–Trinajstić information content (AvgIpc) is 2.45. The fourth-order valence-electron chi connectivity index (χ4n) is 1.41. The number of nitrogens with zero attached hydrogens (tertiary/aromatic N) is 1. The SMILES string of the molecule is COC(=O)/C(C#N)=C\c1cc(OC)c(O)c(OC)c1. The number of ether oxygens (including phenoxy) is 3. The Morgan fingerprint density at radius 3 is 2.16 bits per heavy atom. The average molecular weight is 263 g/mol. The Kier molecular flexibility index (Phi) is 4.77. The summed E-state index contributed by atoms with van der Waals surface area (Å²) >= 11 is 0. The molecule has 6 nitrogen and oxygen atoms in total. The highest BCUT2D eigenvalue weighted by molar-refractivity contribution is 5.97. The van der Waals surface area contributed by atoms with Crippen LogP contribution in [0.15, 0.2) is 17.7 Å². The van der Waals surface area contributed by atoms with Gasteiger partial charge in [0.1, 0.15) is 11.6 Å². The van der Waals surface area contributed by atoms with E-state index >= 15 is 0 Å². The molecular formula is C13H13NO5. The molecule has 0 saturated carbocycles. The van der Waals surface area contributed by atoms with Gasteiger partial charge >= 0.3 is 5.97 Å². The number of benzene rings is 1. The highest BCUT2D eigenvalue weighted by atomic mass is 16.5. The molecule has 0 unspecified atom stereocenters. The molecule has 1 aromatic carbocycles. The van der Waals surface area contributed by atoms with Crippen LogP contribution in [0.1, 0.15) is 5.56 Å². The zero-order valence-corrected chi connectivity index (χ0v) is 10.8. The highest BCUT2D eigenvalue weighted by Gasteiger charge is 2.13. The second kappa shape index (κ2) is 6.31. The first-order valence-corrected chi connectivity index (χ1v) is 5.22. The molecule has 6 heteroatoms. The molecule has 100 valence electrons. The molecule has 0 amide bonds. The number of carbonyl (C=O) groups excluding carboxylic acids is 1. The third-order valence-electron chi connectivity index (χ3n) is 2.34. The lowest BCUT2D eigenvalue weighted by atomic mass is 10.1. The van der Waals surface area contributed by atoms with Crippen LogP contribution in [0.5, 0.6) is 17.2 Å². The number of aromatic hydroxyl groups is 1. The first kappa shape index (κ1) is 14.4. The molecule has 1 rings (SSSR count). The summed E-state index contributed by atoms with van der Waals surface area (Å²) < 4.78 is 14.4. The minimum atomic E-state index is -0.742. The van der Waals surface area contributed by atoms with Crippen molar-refractivity contribution in [1.82, 2.24) is 0 Å². The molecule has 0 fully saturated rings. The molecule has 0 aliphatic carbocycles. The predicted molar refractivity (Wildman–Crippen MR) is 66.8 cm³/mol. The van der Waals surface area contributed by atoms with Gasteiger partial charge in [0.2, 0.25) is 5.75 Å². The first-order chi connectivity index (χ1) is 9.07. The van der Waals surface area contributed by atoms with Gasteiger partial charge in [-0.2, -0.15) is 5.26 Å². The Hall–Kier alpha value is -2.68. The van der Waals surface area contributed by atoms with E-state index in [-0.39, 0.29) is 22.8 Å². The van der Waals surface area contributed by atoms with E-state index in [0.717, 1.165) is 0 Å². The van der Waals surface area contributed by atoms with Crippen LogP contribution in [-0.4, -0.2) is 32.4 Å². The number of esters is 1. The van der Waals surface area contributed by atoms with E-state index in [0.29, 0.717) is 5.56 Å². The first-order valence-electron chi connectivity index (χ1n) is 5.22. The van der Waals surface area contributed by atoms with Crippen molar-refractivity contribution in [3.05, 3.63) is 23.3 Å². The van der Waals surface area contributed by atoms with Crippen LogP contribution < -0.4 is 9.47 Å². The van der Waals surface area contributed by atoms with Crippen LogP contribution in [0.3, 0.4) is 0 Å². The van der Waals surface area contributed by atoms with Crippen molar-refractivity contribution in [2.24, 2.45) is 0 Å². The van der Waals surface area contributed by atoms with Crippen molar-refractivity contribution < 1.29 is 24.1 Å². The summed E-state index contributed by atoms with van der Waals surface area (Å²) in [6, 6.07) is 4.67. The summed E-state index contributed by atoms with van der Waals surface area (Å²) in [4.78, 5) is 11.3. The van der Waals surface area contributed by atoms with E-state index in [2.05, 4.69) is 4.74 Å². The van der Waals surface area contributed by atoms with Crippen LogP contribution >= 0.6 is 0 Å². The fraction of sp³-hybridized carbons (Fsp3) is 0.231. The summed E-state index contributed by atoms with van der Waals surface area (Å²) in [5.74, 6) is -0.548. The van der Waals surface area contributed by atoms with Gasteiger partial charge in [-0.25, -0.2) is 4.79 Å². The normalized spacial score (nSPS) is 10.5. The Labute approximate surface area is 110 Å². The highest BCUT2D eigenvalue weighted by Crippen LogP contribution is 2.37. The lowest BCUT2D eigenvalue weighted by Crippen LogP contribution is -2.02. The van der Waals surface area contributed by atoms with Crippen LogP contribution in [0.25, 0.3) is 6.08 Å². The van der Waals surface area contributed by atoms with Crippen LogP contribution in [0.2, 0.25) is 0 Å². The molecular weight excluding hydrogens is 250 g/mol. The van der Waals surface area contributed by atoms with Gasteiger partial charge < -0.3 is 19.3 Å². The van der Waals surface area contributed by atoms with Crippen LogP contribution in [-0.2, 0) is 9.53 Å². The summed E-state index contributed by atoms with van der Waals surface area (Å²) in [7, 11) is 3.95. The van der Waals surface area contributed by atoms with Crippen LogP contribution in [0, 0.1) is 11.3 Å². The molecule has 0 radical (unpaired) electrons. The molecule has 19 heavy (non-hydrogen) atoms. The number of nitriles is 1. The molecule has 0 saturated heterocycles. The topological polar surface area (TPSA) is 88.8 Å². The van der Waals surface area contributed by atoms with Gasteiger partial charge in [-0.3, -0.25) is 0 Å². The quantitative estimate of drug-likeness (QED) is 0.503. The third-order valence-corrected chi connectivity index (χ3v) is 2.34. The molecule has 0 bridgehead atoms. The Bertz CT molecular complexity index is 532. The monoisotopic (exact) mass is 263 g/mol. The number of hydrogen-bond donors (Lipinski definition) is 1. The van der Waals surface area contributed by atoms with E-state index < -0.39 is 5.97 Å². The van der Waals surface area contributed by atoms with E-state index in [4.69, 9.17) is 14.7 Å². The van der Waals surface area contributed by atoms with E-state index in [1.54, 1.807) is 6.07 Å². The number of rotatable bonds is 4. The molecule has 0 aliphatic heterocycles. The molecule has 0 aliphatic rings. The van der Waals surface area contributed by atoms with E-state index in [9.17, 15) is 9.90 Å². The van der Waals surface area contributed by atoms with Gasteiger partial charge in [0.05, 0.1) is 21.3 Å². The van der Waals surface area contributed by atoms with Gasteiger partial charge in [0.25, 0.3) is 0 Å². The van der Waals surface area contributed by atoms with Crippen molar-refractivity contribution in [1.29, 1.82) is 5.26 Å². The zero-order chi connectivity index (χ0) is 14.4. The maximum atomic E-state index is 11.3. The van der Waals surface area contributed by atoms with Crippen molar-refractivity contribution in [2.75, 3.05) is 21.3 Å². The standard InChI is InChI=1S/C13H13NO5/c1-17-10-5-8(6-11(18-2)12(10)15)4-9(7-14)13(16)19-3/h4-6,15H,1-3H3/b9-4-. The van der Waals surface area contributed by atoms with Gasteiger partial charge in [-0.05, 0) is 23.8 Å². The number of phenols is 1. The Morgan fingerprint density at radius 1 is 1.26 bits per heavy atom. The maximum Gasteiger partial charge on any atom is 0.348 e. The van der Waals surface area contributed by atoms with Crippen molar-refractivity contribution in [3.63, 3.8) is 0 Å². The second-order valence-electron chi connectivity index (χ2n) is 3.44. The molecule has 0 heterocycles. The summed E-state index contributed by atoms with van der Waals surface area (Å²) in [5.41, 5.74) is 0.297. The molecule has 1 N–H and O–H groups in total. The fourth-order valence-corrected chi connectivity index (χ4v) is 1.41. The Balaban J connectivity index is 3.32. The van der Waals surface area contributed by atoms with Crippen LogP contribution in [0.4, 0.5) is 0 Å². The smallest absolute Gasteiger partial charge is 0.348 e. The predicted octanol–water partition coefficient (Wildman–Crippen LogP) is 1.49. The number of carbonyl (C=O) groups is 1. The lowest BCUT2D eigenvalue weighted by Gasteiger charge is -2.09. The van der Waals surface area contributed by atoms with Gasteiger partial charge in [-0.1, -0.05) is 0 Å². The maximum absolute atomic E-state index is 11.3. The number of phenolic OH excluding ortho intramolecular Hbond substituents is 1. The summed E-state index contributed by atoms with van der Waals surface area (Å²) in [5, 5.41) is 18.6. The van der Waals surface area contributed by atoms with Gasteiger partial charge in [-0.15, -0.1) is 0 Å². The van der Waals surface area contributed by atoms with Gasteiger partial charge in [0, 0.05) is 0 Å². The zero-order valence-electron chi connectivity index (χ0n) is 10.8. The molecule has 0 aromatic heterocycles. The summed E-state index contributed by atoms with van der Waals surface area (Å²) in [6.07, 6.45) is 1.32. The minimum Gasteiger partial charge on any atom is -0.502 e. The minimum absolute atomic E-state index is 0.154. The molecule has 1 aromatic rings. The number of methoxy groups -OCH3 is 3. The van der Waals surface area contributed by atoms with Gasteiger partial charge in [0.15, 0.2) is 11.5 Å². The lowest BCUT2D eigenvalue weighted by molar-refractivity contribution is -0.135. The van der Waals surface area contributed by atoms with Crippen molar-refractivity contribution in [3.8, 4) is 23.3 Å². The number of hydrogen-bond acceptors (Lipinski definition) is 6. The largest absolute Gasteiger partial charge is 0.502 e. The van der Waals surface area contributed by atoms with Crippen molar-refractivity contribution >= 4 is 12.0 Å². The third kappa shape index (κ3) is 3.16. The summed E-state index contributed by atoms with van der Waals surface area (Å²) in [6.45, 7) is 0. The van der Waals surface area contributed by atoms with E-state index in [1.165, 1.54) is 39.5 Å². The second-order valence-corrected chi connectivity index (χ2v) is 3.44. The Morgan fingerprint density at radius 2 is 1.79 bits per heavy atom.